The third-order valence-corrected chi connectivity index (χ3v) is 3.70. The van der Waals surface area contributed by atoms with Crippen LogP contribution in [0.1, 0.15) is 5.89 Å². The molecule has 1 aromatic carbocycles. The Morgan fingerprint density at radius 2 is 2.22 bits per heavy atom. The van der Waals surface area contributed by atoms with E-state index in [1.165, 1.54) is 0 Å². The predicted molar refractivity (Wildman–Crippen MR) is 84.1 cm³/mol. The van der Waals surface area contributed by atoms with E-state index in [-0.39, 0.29) is 11.9 Å². The number of aromatic nitrogens is 2. The molecule has 7 nitrogen and oxygen atoms in total. The lowest BCUT2D eigenvalue weighted by Gasteiger charge is -2.22. The van der Waals surface area contributed by atoms with Crippen LogP contribution in [0.2, 0.25) is 5.02 Å². The smallest absolute Gasteiger partial charge is 0.239 e. The summed E-state index contributed by atoms with van der Waals surface area (Å²) >= 11 is 5.85. The van der Waals surface area contributed by atoms with Crippen molar-refractivity contribution in [2.45, 2.75) is 12.5 Å². The summed E-state index contributed by atoms with van der Waals surface area (Å²) in [4.78, 5) is 16.2. The first-order valence-corrected chi connectivity index (χ1v) is 7.77. The summed E-state index contributed by atoms with van der Waals surface area (Å²) < 4.78 is 10.4. The number of hydrogen-bond donors (Lipinski definition) is 2. The number of carbonyl (C=O) groups is 1. The van der Waals surface area contributed by atoms with Gasteiger partial charge in [-0.25, -0.2) is 0 Å². The molecule has 1 fully saturated rings. The molecule has 1 unspecified atom stereocenters. The van der Waals surface area contributed by atoms with Gasteiger partial charge in [0.1, 0.15) is 6.04 Å². The fraction of sp³-hybridized carbons (Fsp3) is 0.400. The number of ether oxygens (including phenoxy) is 1. The van der Waals surface area contributed by atoms with Gasteiger partial charge in [-0.3, -0.25) is 4.79 Å². The monoisotopic (exact) mass is 336 g/mol. The van der Waals surface area contributed by atoms with Crippen molar-refractivity contribution in [3.05, 3.63) is 35.2 Å². The lowest BCUT2D eigenvalue weighted by atomic mass is 10.2. The maximum Gasteiger partial charge on any atom is 0.239 e. The molecule has 1 aliphatic rings. The van der Waals surface area contributed by atoms with Crippen molar-refractivity contribution in [2.24, 2.45) is 0 Å². The average Bonchev–Trinajstić information content (AvgIpc) is 3.05. The standard InChI is InChI=1S/C15H17ClN4O3/c16-11-3-1-10(2-4-11)14-19-13(23-20-14)5-6-18-15(21)12-9-22-8-7-17-12/h1-4,12,17H,5-9H2,(H,18,21). The Labute approximate surface area is 138 Å². The van der Waals surface area contributed by atoms with Crippen LogP contribution in [0.15, 0.2) is 28.8 Å². The minimum atomic E-state index is -0.295. The molecule has 0 saturated carbocycles. The molecule has 1 amide bonds. The highest BCUT2D eigenvalue weighted by atomic mass is 35.5. The summed E-state index contributed by atoms with van der Waals surface area (Å²) in [7, 11) is 0. The zero-order valence-corrected chi connectivity index (χ0v) is 13.2. The zero-order valence-electron chi connectivity index (χ0n) is 12.4. The fourth-order valence-electron chi connectivity index (χ4n) is 2.22. The van der Waals surface area contributed by atoms with Crippen LogP contribution in [0, 0.1) is 0 Å². The molecule has 1 atom stereocenters. The van der Waals surface area contributed by atoms with E-state index in [1.54, 1.807) is 12.1 Å². The zero-order chi connectivity index (χ0) is 16.1. The summed E-state index contributed by atoms with van der Waals surface area (Å²) in [5.41, 5.74) is 0.831. The molecule has 1 aliphatic heterocycles. The third-order valence-electron chi connectivity index (χ3n) is 3.45. The summed E-state index contributed by atoms with van der Waals surface area (Å²) in [5.74, 6) is 0.899. The topological polar surface area (TPSA) is 89.3 Å². The third kappa shape index (κ3) is 4.28. The number of hydrogen-bond acceptors (Lipinski definition) is 6. The summed E-state index contributed by atoms with van der Waals surface area (Å²) in [6.45, 7) is 2.15. The van der Waals surface area contributed by atoms with Gasteiger partial charge in [-0.15, -0.1) is 0 Å². The summed E-state index contributed by atoms with van der Waals surface area (Å²) in [6.07, 6.45) is 0.472. The molecule has 0 aliphatic carbocycles. The lowest BCUT2D eigenvalue weighted by Crippen LogP contribution is -2.51. The van der Waals surface area contributed by atoms with Gasteiger partial charge in [0.15, 0.2) is 0 Å². The largest absolute Gasteiger partial charge is 0.378 e. The first-order valence-electron chi connectivity index (χ1n) is 7.40. The van der Waals surface area contributed by atoms with Crippen LogP contribution < -0.4 is 10.6 Å². The minimum absolute atomic E-state index is 0.0814. The normalized spacial score (nSPS) is 17.9. The molecule has 122 valence electrons. The molecule has 0 spiro atoms. The van der Waals surface area contributed by atoms with Crippen molar-refractivity contribution >= 4 is 17.5 Å². The summed E-state index contributed by atoms with van der Waals surface area (Å²) in [5, 5.41) is 10.5. The second-order valence-electron chi connectivity index (χ2n) is 5.14. The molecule has 2 heterocycles. The van der Waals surface area contributed by atoms with Crippen molar-refractivity contribution in [1.29, 1.82) is 0 Å². The number of halogens is 1. The highest BCUT2D eigenvalue weighted by Gasteiger charge is 2.20. The van der Waals surface area contributed by atoms with E-state index >= 15 is 0 Å². The highest BCUT2D eigenvalue weighted by Crippen LogP contribution is 2.18. The van der Waals surface area contributed by atoms with E-state index in [2.05, 4.69) is 20.8 Å². The van der Waals surface area contributed by atoms with Gasteiger partial charge in [0.05, 0.1) is 13.2 Å². The van der Waals surface area contributed by atoms with Crippen LogP contribution in [0.4, 0.5) is 0 Å². The molecule has 0 radical (unpaired) electrons. The van der Waals surface area contributed by atoms with Crippen molar-refractivity contribution in [3.63, 3.8) is 0 Å². The minimum Gasteiger partial charge on any atom is -0.378 e. The molecule has 2 aromatic rings. The molecule has 0 bridgehead atoms. The number of nitrogens with zero attached hydrogens (tertiary/aromatic N) is 2. The number of nitrogens with one attached hydrogen (secondary N) is 2. The van der Waals surface area contributed by atoms with Crippen LogP contribution in [0.5, 0.6) is 0 Å². The molecule has 8 heteroatoms. The van der Waals surface area contributed by atoms with Gasteiger partial charge in [-0.05, 0) is 24.3 Å². The van der Waals surface area contributed by atoms with E-state index in [0.29, 0.717) is 49.5 Å². The van der Waals surface area contributed by atoms with E-state index < -0.39 is 0 Å². The molecule has 23 heavy (non-hydrogen) atoms. The number of benzene rings is 1. The molecule has 1 saturated heterocycles. The van der Waals surface area contributed by atoms with Crippen LogP contribution in [0.25, 0.3) is 11.4 Å². The SMILES string of the molecule is O=C(NCCc1nc(-c2ccc(Cl)cc2)no1)C1COCCN1. The van der Waals surface area contributed by atoms with E-state index in [1.807, 2.05) is 12.1 Å². The first-order chi connectivity index (χ1) is 11.2. The van der Waals surface area contributed by atoms with E-state index in [9.17, 15) is 4.79 Å². The number of morpholine rings is 1. The Hall–Kier alpha value is -1.96. The second-order valence-corrected chi connectivity index (χ2v) is 5.58. The van der Waals surface area contributed by atoms with Crippen molar-refractivity contribution in [1.82, 2.24) is 20.8 Å². The number of amides is 1. The Balaban J connectivity index is 1.49. The second kappa shape index (κ2) is 7.54. The van der Waals surface area contributed by atoms with Crippen LogP contribution in [0.3, 0.4) is 0 Å². The molecular weight excluding hydrogens is 320 g/mol. The predicted octanol–water partition coefficient (Wildman–Crippen LogP) is 1.04. The van der Waals surface area contributed by atoms with Crippen LogP contribution >= 0.6 is 11.6 Å². The number of rotatable bonds is 5. The lowest BCUT2D eigenvalue weighted by molar-refractivity contribution is -0.125. The van der Waals surface area contributed by atoms with Crippen molar-refractivity contribution in [3.8, 4) is 11.4 Å². The Morgan fingerprint density at radius 1 is 1.39 bits per heavy atom. The molecule has 2 N–H and O–H groups in total. The Kier molecular flexibility index (Phi) is 5.22. The van der Waals surface area contributed by atoms with Gasteiger partial charge in [0, 0.05) is 30.1 Å². The molecule has 1 aromatic heterocycles. The van der Waals surface area contributed by atoms with Gasteiger partial charge < -0.3 is 19.9 Å². The van der Waals surface area contributed by atoms with Crippen molar-refractivity contribution < 1.29 is 14.1 Å². The van der Waals surface area contributed by atoms with Gasteiger partial charge >= 0.3 is 0 Å². The van der Waals surface area contributed by atoms with Crippen molar-refractivity contribution in [2.75, 3.05) is 26.3 Å². The quantitative estimate of drug-likeness (QED) is 0.848. The Morgan fingerprint density at radius 3 is 2.96 bits per heavy atom. The highest BCUT2D eigenvalue weighted by molar-refractivity contribution is 6.30. The fourth-order valence-corrected chi connectivity index (χ4v) is 2.35. The van der Waals surface area contributed by atoms with Crippen LogP contribution in [-0.4, -0.2) is 48.4 Å². The maximum absolute atomic E-state index is 11.9. The number of carbonyl (C=O) groups excluding carboxylic acids is 1. The first kappa shape index (κ1) is 15.9. The van der Waals surface area contributed by atoms with E-state index in [4.69, 9.17) is 20.9 Å². The van der Waals surface area contributed by atoms with Crippen LogP contribution in [-0.2, 0) is 16.0 Å². The van der Waals surface area contributed by atoms with Gasteiger partial charge in [0.25, 0.3) is 0 Å². The molecular formula is C15H17ClN4O3. The van der Waals surface area contributed by atoms with Gasteiger partial charge in [-0.1, -0.05) is 16.8 Å². The average molecular weight is 337 g/mol. The summed E-state index contributed by atoms with van der Waals surface area (Å²) in [6, 6.07) is 6.90. The molecule has 3 rings (SSSR count). The maximum atomic E-state index is 11.9. The van der Waals surface area contributed by atoms with E-state index in [0.717, 1.165) is 5.56 Å². The van der Waals surface area contributed by atoms with Gasteiger partial charge in [0.2, 0.25) is 17.6 Å². The van der Waals surface area contributed by atoms with Gasteiger partial charge in [-0.2, -0.15) is 4.98 Å². The Bertz CT molecular complexity index is 653.